The molecule has 0 aliphatic carbocycles. The third kappa shape index (κ3) is 2.46. The zero-order valence-corrected chi connectivity index (χ0v) is 11.6. The smallest absolute Gasteiger partial charge is 0.244 e. The number of rotatable bonds is 5. The van der Waals surface area contributed by atoms with Gasteiger partial charge >= 0.3 is 0 Å². The Kier molecular flexibility index (Phi) is 4.09. The first-order valence-corrected chi connectivity index (χ1v) is 7.93. The average molecular weight is 271 g/mol. The third-order valence-corrected chi connectivity index (χ3v) is 5.20. The maximum Gasteiger partial charge on any atom is 0.244 e. The van der Waals surface area contributed by atoms with Gasteiger partial charge in [0.05, 0.1) is 0 Å². The fourth-order valence-corrected chi connectivity index (χ4v) is 3.95. The minimum atomic E-state index is -3.31. The minimum Gasteiger partial charge on any atom is -0.349 e. The lowest BCUT2D eigenvalue weighted by Crippen LogP contribution is -2.27. The van der Waals surface area contributed by atoms with Crippen molar-refractivity contribution in [1.29, 1.82) is 0 Å². The van der Waals surface area contributed by atoms with E-state index in [0.717, 1.165) is 31.5 Å². The number of aryl methyl sites for hydroxylation is 1. The molecule has 1 aromatic heterocycles. The summed E-state index contributed by atoms with van der Waals surface area (Å²) in [6.07, 6.45) is 4.60. The van der Waals surface area contributed by atoms with Gasteiger partial charge in [0, 0.05) is 38.1 Å². The predicted molar refractivity (Wildman–Crippen MR) is 70.6 cm³/mol. The SMILES string of the molecule is CCCn1cc(S(=O)(=O)N2CCCC2)cc1CN. The molecule has 102 valence electrons. The van der Waals surface area contributed by atoms with Crippen LogP contribution in [-0.4, -0.2) is 30.4 Å². The maximum absolute atomic E-state index is 12.4. The summed E-state index contributed by atoms with van der Waals surface area (Å²) in [4.78, 5) is 0.387. The molecule has 6 heteroatoms. The monoisotopic (exact) mass is 271 g/mol. The Hall–Kier alpha value is -0.850. The molecule has 0 amide bonds. The van der Waals surface area contributed by atoms with Gasteiger partial charge in [-0.15, -0.1) is 0 Å². The summed E-state index contributed by atoms with van der Waals surface area (Å²) in [5.41, 5.74) is 6.55. The van der Waals surface area contributed by atoms with Crippen molar-refractivity contribution in [1.82, 2.24) is 8.87 Å². The predicted octanol–water partition coefficient (Wildman–Crippen LogP) is 1.14. The molecule has 0 aromatic carbocycles. The summed E-state index contributed by atoms with van der Waals surface area (Å²) in [6, 6.07) is 1.71. The number of hydrogen-bond acceptors (Lipinski definition) is 3. The maximum atomic E-state index is 12.4. The molecule has 0 unspecified atom stereocenters. The molecule has 1 aliphatic rings. The zero-order valence-electron chi connectivity index (χ0n) is 10.8. The van der Waals surface area contributed by atoms with Gasteiger partial charge in [-0.25, -0.2) is 8.42 Å². The second-order valence-corrected chi connectivity index (χ2v) is 6.61. The molecule has 0 atom stereocenters. The number of nitrogens with zero attached hydrogens (tertiary/aromatic N) is 2. The fraction of sp³-hybridized carbons (Fsp3) is 0.667. The van der Waals surface area contributed by atoms with Gasteiger partial charge in [0.1, 0.15) is 4.90 Å². The summed E-state index contributed by atoms with van der Waals surface area (Å²) in [6.45, 7) is 4.52. The second kappa shape index (κ2) is 5.42. The molecule has 0 saturated carbocycles. The third-order valence-electron chi connectivity index (χ3n) is 3.34. The van der Waals surface area contributed by atoms with Crippen molar-refractivity contribution in [2.24, 2.45) is 5.73 Å². The van der Waals surface area contributed by atoms with E-state index in [1.54, 1.807) is 16.6 Å². The molecule has 0 bridgehead atoms. The van der Waals surface area contributed by atoms with Crippen LogP contribution in [0.3, 0.4) is 0 Å². The van der Waals surface area contributed by atoms with Crippen LogP contribution in [0.1, 0.15) is 31.9 Å². The highest BCUT2D eigenvalue weighted by molar-refractivity contribution is 7.89. The van der Waals surface area contributed by atoms with Crippen LogP contribution >= 0.6 is 0 Å². The summed E-state index contributed by atoms with van der Waals surface area (Å²) >= 11 is 0. The van der Waals surface area contributed by atoms with Crippen molar-refractivity contribution < 1.29 is 8.42 Å². The van der Waals surface area contributed by atoms with Gasteiger partial charge in [0.15, 0.2) is 0 Å². The van der Waals surface area contributed by atoms with Crippen molar-refractivity contribution in [3.8, 4) is 0 Å². The first kappa shape index (κ1) is 13.6. The van der Waals surface area contributed by atoms with Crippen molar-refractivity contribution in [3.63, 3.8) is 0 Å². The fourth-order valence-electron chi connectivity index (χ4n) is 2.36. The van der Waals surface area contributed by atoms with Gasteiger partial charge in [-0.3, -0.25) is 0 Å². The molecule has 1 fully saturated rings. The van der Waals surface area contributed by atoms with E-state index in [9.17, 15) is 8.42 Å². The highest BCUT2D eigenvalue weighted by Gasteiger charge is 2.28. The first-order valence-electron chi connectivity index (χ1n) is 6.49. The van der Waals surface area contributed by atoms with Gasteiger partial charge in [0.2, 0.25) is 10.0 Å². The molecular weight excluding hydrogens is 250 g/mol. The lowest BCUT2D eigenvalue weighted by Gasteiger charge is -2.13. The Balaban J connectivity index is 2.32. The molecule has 1 aromatic rings. The van der Waals surface area contributed by atoms with Gasteiger partial charge in [-0.05, 0) is 25.3 Å². The Bertz CT molecular complexity index is 501. The molecule has 2 heterocycles. The zero-order chi connectivity index (χ0) is 13.2. The van der Waals surface area contributed by atoms with E-state index in [4.69, 9.17) is 5.73 Å². The van der Waals surface area contributed by atoms with Crippen LogP contribution in [0.4, 0.5) is 0 Å². The Labute approximate surface area is 109 Å². The number of nitrogens with two attached hydrogens (primary N) is 1. The van der Waals surface area contributed by atoms with Gasteiger partial charge in [0.25, 0.3) is 0 Å². The van der Waals surface area contributed by atoms with Gasteiger partial charge in [-0.1, -0.05) is 6.92 Å². The summed E-state index contributed by atoms with van der Waals surface area (Å²) < 4.78 is 28.3. The Morgan fingerprint density at radius 2 is 2.00 bits per heavy atom. The van der Waals surface area contributed by atoms with E-state index in [0.29, 0.717) is 24.5 Å². The van der Waals surface area contributed by atoms with Gasteiger partial charge < -0.3 is 10.3 Å². The molecule has 18 heavy (non-hydrogen) atoms. The number of aromatic nitrogens is 1. The topological polar surface area (TPSA) is 68.3 Å². The first-order chi connectivity index (χ1) is 8.59. The van der Waals surface area contributed by atoms with E-state index in [1.807, 2.05) is 4.57 Å². The average Bonchev–Trinajstić information content (AvgIpc) is 2.98. The molecule has 2 N–H and O–H groups in total. The van der Waals surface area contributed by atoms with E-state index >= 15 is 0 Å². The quantitative estimate of drug-likeness (QED) is 0.873. The normalized spacial score (nSPS) is 17.4. The largest absolute Gasteiger partial charge is 0.349 e. The summed E-state index contributed by atoms with van der Waals surface area (Å²) in [5.74, 6) is 0. The molecule has 5 nitrogen and oxygen atoms in total. The summed E-state index contributed by atoms with van der Waals surface area (Å²) in [5, 5.41) is 0. The van der Waals surface area contributed by atoms with Crippen molar-refractivity contribution in [2.45, 2.75) is 44.2 Å². The van der Waals surface area contributed by atoms with Crippen molar-refractivity contribution in [3.05, 3.63) is 18.0 Å². The van der Waals surface area contributed by atoms with E-state index in [1.165, 1.54) is 0 Å². The van der Waals surface area contributed by atoms with Crippen LogP contribution in [-0.2, 0) is 23.1 Å². The van der Waals surface area contributed by atoms with Crippen molar-refractivity contribution in [2.75, 3.05) is 13.1 Å². The van der Waals surface area contributed by atoms with Gasteiger partial charge in [-0.2, -0.15) is 4.31 Å². The van der Waals surface area contributed by atoms with E-state index < -0.39 is 10.0 Å². The molecule has 1 saturated heterocycles. The number of sulfonamides is 1. The molecule has 0 spiro atoms. The molecule has 0 radical (unpaired) electrons. The Morgan fingerprint density at radius 3 is 2.56 bits per heavy atom. The number of hydrogen-bond donors (Lipinski definition) is 1. The summed E-state index contributed by atoms with van der Waals surface area (Å²) in [7, 11) is -3.31. The lowest BCUT2D eigenvalue weighted by molar-refractivity contribution is 0.477. The highest BCUT2D eigenvalue weighted by atomic mass is 32.2. The second-order valence-electron chi connectivity index (χ2n) is 4.68. The standard InChI is InChI=1S/C12H21N3O2S/c1-2-5-14-10-12(8-11(14)9-13)18(16,17)15-6-3-4-7-15/h8,10H,2-7,9,13H2,1H3. The molecular formula is C12H21N3O2S. The molecule has 1 aliphatic heterocycles. The van der Waals surface area contributed by atoms with Crippen molar-refractivity contribution >= 4 is 10.0 Å². The van der Waals surface area contributed by atoms with E-state index in [-0.39, 0.29) is 0 Å². The molecule has 2 rings (SSSR count). The van der Waals surface area contributed by atoms with Crippen LogP contribution in [0.2, 0.25) is 0 Å². The van der Waals surface area contributed by atoms with Crippen LogP contribution < -0.4 is 5.73 Å². The van der Waals surface area contributed by atoms with Crippen LogP contribution in [0, 0.1) is 0 Å². The highest BCUT2D eigenvalue weighted by Crippen LogP contribution is 2.22. The van der Waals surface area contributed by atoms with Crippen LogP contribution in [0.15, 0.2) is 17.2 Å². The van der Waals surface area contributed by atoms with Crippen LogP contribution in [0.25, 0.3) is 0 Å². The van der Waals surface area contributed by atoms with E-state index in [2.05, 4.69) is 6.92 Å². The lowest BCUT2D eigenvalue weighted by atomic mass is 10.4. The van der Waals surface area contributed by atoms with Crippen LogP contribution in [0.5, 0.6) is 0 Å². The Morgan fingerprint density at radius 1 is 1.33 bits per heavy atom. The minimum absolute atomic E-state index is 0.371.